The molecule has 0 fully saturated rings. The van der Waals surface area contributed by atoms with E-state index in [0.29, 0.717) is 22.9 Å². The van der Waals surface area contributed by atoms with Crippen molar-refractivity contribution in [3.05, 3.63) is 71.3 Å². The summed E-state index contributed by atoms with van der Waals surface area (Å²) in [5, 5.41) is 3.04. The van der Waals surface area contributed by atoms with E-state index in [1.807, 2.05) is 61.5 Å². The molecule has 0 saturated carbocycles. The monoisotopic (exact) mass is 443 g/mol. The topological polar surface area (TPSA) is 76.2 Å². The summed E-state index contributed by atoms with van der Waals surface area (Å²) < 4.78 is 10.8. The van der Waals surface area contributed by atoms with Gasteiger partial charge in [0.2, 0.25) is 0 Å². The zero-order valence-electron chi connectivity index (χ0n) is 19.9. The highest BCUT2D eigenvalue weighted by Crippen LogP contribution is 2.33. The van der Waals surface area contributed by atoms with Crippen LogP contribution in [0, 0.1) is 6.92 Å². The number of aromatic amines is 1. The molecule has 6 nitrogen and oxygen atoms in total. The van der Waals surface area contributed by atoms with Crippen molar-refractivity contribution in [2.24, 2.45) is 0 Å². The van der Waals surface area contributed by atoms with Crippen molar-refractivity contribution in [2.45, 2.75) is 33.1 Å². The molecule has 1 amide bonds. The average Bonchev–Trinajstić information content (AvgIpc) is 3.21. The zero-order chi connectivity index (χ0) is 23.8. The first-order valence-electron chi connectivity index (χ1n) is 10.8. The maximum Gasteiger partial charge on any atom is 0.255 e. The predicted molar refractivity (Wildman–Crippen MR) is 132 cm³/mol. The van der Waals surface area contributed by atoms with Gasteiger partial charge in [-0.3, -0.25) is 4.79 Å². The molecule has 0 atom stereocenters. The highest BCUT2D eigenvalue weighted by atomic mass is 16.5. The number of anilines is 1. The van der Waals surface area contributed by atoms with E-state index in [9.17, 15) is 4.79 Å². The van der Waals surface area contributed by atoms with Gasteiger partial charge in [0.25, 0.3) is 5.91 Å². The van der Waals surface area contributed by atoms with Crippen LogP contribution >= 0.6 is 0 Å². The molecule has 0 aliphatic heterocycles. The molecule has 1 aromatic heterocycles. The summed E-state index contributed by atoms with van der Waals surface area (Å²) in [5.41, 5.74) is 6.05. The van der Waals surface area contributed by atoms with Crippen LogP contribution in [-0.2, 0) is 5.41 Å². The minimum absolute atomic E-state index is 0.0422. The summed E-state index contributed by atoms with van der Waals surface area (Å²) >= 11 is 0. The number of fused-ring (bicyclic) bond motifs is 1. The number of carbonyl (C=O) groups excluding carboxylic acids is 1. The number of carbonyl (C=O) groups is 1. The highest BCUT2D eigenvalue weighted by Gasteiger charge is 2.16. The first-order valence-corrected chi connectivity index (χ1v) is 10.8. The van der Waals surface area contributed by atoms with Gasteiger partial charge in [-0.25, -0.2) is 4.98 Å². The molecule has 4 rings (SSSR count). The fraction of sp³-hybridized carbons (Fsp3) is 0.259. The van der Waals surface area contributed by atoms with Gasteiger partial charge in [0.1, 0.15) is 5.82 Å². The predicted octanol–water partition coefficient (Wildman–Crippen LogP) is 6.11. The number of benzene rings is 3. The Labute approximate surface area is 194 Å². The third-order valence-corrected chi connectivity index (χ3v) is 5.76. The van der Waals surface area contributed by atoms with E-state index >= 15 is 0 Å². The summed E-state index contributed by atoms with van der Waals surface area (Å²) in [6.07, 6.45) is 0. The van der Waals surface area contributed by atoms with Gasteiger partial charge in [-0.05, 0) is 41.7 Å². The smallest absolute Gasteiger partial charge is 0.255 e. The molecule has 0 radical (unpaired) electrons. The SMILES string of the molecule is COc1cc2nc(-c3ccc(C)c(NC(=O)c4ccc(C(C)(C)C)cc4)c3)[nH]c2cc1OC. The molecule has 170 valence electrons. The molecule has 0 saturated heterocycles. The number of nitrogens with one attached hydrogen (secondary N) is 2. The number of aromatic nitrogens is 2. The number of hydrogen-bond acceptors (Lipinski definition) is 4. The molecule has 33 heavy (non-hydrogen) atoms. The second-order valence-corrected chi connectivity index (χ2v) is 9.12. The number of ether oxygens (including phenoxy) is 2. The van der Waals surface area contributed by atoms with Crippen molar-refractivity contribution in [3.63, 3.8) is 0 Å². The fourth-order valence-electron chi connectivity index (χ4n) is 3.69. The fourth-order valence-corrected chi connectivity index (χ4v) is 3.69. The van der Waals surface area contributed by atoms with E-state index < -0.39 is 0 Å². The third kappa shape index (κ3) is 4.55. The van der Waals surface area contributed by atoms with Crippen LogP contribution in [0.1, 0.15) is 42.3 Å². The molecule has 0 bridgehead atoms. The lowest BCUT2D eigenvalue weighted by atomic mass is 9.86. The maximum atomic E-state index is 12.9. The van der Waals surface area contributed by atoms with Crippen molar-refractivity contribution in [1.29, 1.82) is 0 Å². The summed E-state index contributed by atoms with van der Waals surface area (Å²) in [6.45, 7) is 8.43. The van der Waals surface area contributed by atoms with E-state index in [0.717, 1.165) is 27.8 Å². The number of hydrogen-bond donors (Lipinski definition) is 2. The van der Waals surface area contributed by atoms with Crippen molar-refractivity contribution in [2.75, 3.05) is 19.5 Å². The summed E-state index contributed by atoms with van der Waals surface area (Å²) in [6, 6.07) is 17.4. The van der Waals surface area contributed by atoms with Gasteiger partial charge in [-0.2, -0.15) is 0 Å². The molecular formula is C27H29N3O3. The van der Waals surface area contributed by atoms with Gasteiger partial charge < -0.3 is 19.8 Å². The van der Waals surface area contributed by atoms with E-state index in [1.165, 1.54) is 5.56 Å². The Kier molecular flexibility index (Phi) is 5.85. The Morgan fingerprint density at radius 2 is 1.61 bits per heavy atom. The van der Waals surface area contributed by atoms with Crippen LogP contribution < -0.4 is 14.8 Å². The number of aryl methyl sites for hydroxylation is 1. The minimum atomic E-state index is -0.144. The highest BCUT2D eigenvalue weighted by molar-refractivity contribution is 6.05. The van der Waals surface area contributed by atoms with E-state index in [-0.39, 0.29) is 11.3 Å². The average molecular weight is 444 g/mol. The quantitative estimate of drug-likeness (QED) is 0.390. The molecule has 0 aliphatic carbocycles. The second kappa shape index (κ2) is 8.62. The second-order valence-electron chi connectivity index (χ2n) is 9.12. The van der Waals surface area contributed by atoms with Crippen LogP contribution in [-0.4, -0.2) is 30.1 Å². The van der Waals surface area contributed by atoms with Crippen LogP contribution in [0.15, 0.2) is 54.6 Å². The first-order chi connectivity index (χ1) is 15.7. The number of imidazole rings is 1. The number of H-pyrrole nitrogens is 1. The summed E-state index contributed by atoms with van der Waals surface area (Å²) in [7, 11) is 3.20. The summed E-state index contributed by atoms with van der Waals surface area (Å²) in [5.74, 6) is 1.81. The van der Waals surface area contributed by atoms with Crippen LogP contribution in [0.5, 0.6) is 11.5 Å². The first kappa shape index (κ1) is 22.4. The largest absolute Gasteiger partial charge is 0.493 e. The Bertz CT molecular complexity index is 1270. The molecular weight excluding hydrogens is 414 g/mol. The minimum Gasteiger partial charge on any atom is -0.493 e. The van der Waals surface area contributed by atoms with Crippen LogP contribution in [0.3, 0.4) is 0 Å². The lowest BCUT2D eigenvalue weighted by Gasteiger charge is -2.19. The van der Waals surface area contributed by atoms with Crippen LogP contribution in [0.2, 0.25) is 0 Å². The lowest BCUT2D eigenvalue weighted by molar-refractivity contribution is 0.102. The molecule has 0 spiro atoms. The van der Waals surface area contributed by atoms with Crippen molar-refractivity contribution >= 4 is 22.6 Å². The van der Waals surface area contributed by atoms with Gasteiger partial charge in [0.05, 0.1) is 25.3 Å². The van der Waals surface area contributed by atoms with E-state index in [4.69, 9.17) is 14.5 Å². The van der Waals surface area contributed by atoms with E-state index in [1.54, 1.807) is 14.2 Å². The maximum absolute atomic E-state index is 12.9. The van der Waals surface area contributed by atoms with Crippen molar-refractivity contribution < 1.29 is 14.3 Å². The lowest BCUT2D eigenvalue weighted by Crippen LogP contribution is -2.15. The molecule has 1 heterocycles. The normalized spacial score (nSPS) is 11.5. The summed E-state index contributed by atoms with van der Waals surface area (Å²) in [4.78, 5) is 20.9. The molecule has 6 heteroatoms. The zero-order valence-corrected chi connectivity index (χ0v) is 19.9. The van der Waals surface area contributed by atoms with Gasteiger partial charge in [0.15, 0.2) is 11.5 Å². The van der Waals surface area contributed by atoms with Gasteiger partial charge in [-0.15, -0.1) is 0 Å². The molecule has 4 aromatic rings. The van der Waals surface area contributed by atoms with Gasteiger partial charge in [0, 0.05) is 28.9 Å². The Hall–Kier alpha value is -3.80. The Morgan fingerprint density at radius 1 is 0.939 bits per heavy atom. The van der Waals surface area contributed by atoms with Crippen molar-refractivity contribution in [3.8, 4) is 22.9 Å². The third-order valence-electron chi connectivity index (χ3n) is 5.76. The number of methoxy groups -OCH3 is 2. The molecule has 3 aromatic carbocycles. The Balaban J connectivity index is 1.62. The standard InChI is InChI=1S/C27H29N3O3/c1-16-7-8-18(25-28-21-14-23(32-5)24(33-6)15-22(21)29-25)13-20(16)30-26(31)17-9-11-19(12-10-17)27(2,3)4/h7-15H,1-6H3,(H,28,29)(H,30,31). The van der Waals surface area contributed by atoms with Crippen molar-refractivity contribution in [1.82, 2.24) is 9.97 Å². The Morgan fingerprint density at radius 3 is 2.24 bits per heavy atom. The number of rotatable bonds is 5. The van der Waals surface area contributed by atoms with E-state index in [2.05, 4.69) is 31.1 Å². The van der Waals surface area contributed by atoms with Gasteiger partial charge in [-0.1, -0.05) is 45.0 Å². The van der Waals surface area contributed by atoms with Crippen LogP contribution in [0.25, 0.3) is 22.4 Å². The van der Waals surface area contributed by atoms with Crippen LogP contribution in [0.4, 0.5) is 5.69 Å². The molecule has 0 unspecified atom stereocenters. The molecule has 2 N–H and O–H groups in total. The molecule has 0 aliphatic rings. The number of nitrogens with zero attached hydrogens (tertiary/aromatic N) is 1. The number of amides is 1. The van der Waals surface area contributed by atoms with Gasteiger partial charge >= 0.3 is 0 Å².